The second-order valence-electron chi connectivity index (χ2n) is 5.60. The van der Waals surface area contributed by atoms with Gasteiger partial charge in [0.05, 0.1) is 17.2 Å². The standard InChI is InChI=1S/C19H18F2N2O5/c1-3-27-17-10-13(5-8-16(17)28-19(20)21)6-9-18(24)22-15-11-14(23(25)26)7-4-12(15)2/h4-11,19H,3H2,1-2H3,(H,22,24)/b9-6+. The molecule has 28 heavy (non-hydrogen) atoms. The highest BCUT2D eigenvalue weighted by Crippen LogP contribution is 2.30. The van der Waals surface area contributed by atoms with Crippen LogP contribution in [0.4, 0.5) is 20.2 Å². The third-order valence-corrected chi connectivity index (χ3v) is 3.60. The summed E-state index contributed by atoms with van der Waals surface area (Å²) in [6.45, 7) is 0.673. The maximum Gasteiger partial charge on any atom is 0.387 e. The zero-order valence-corrected chi connectivity index (χ0v) is 15.1. The van der Waals surface area contributed by atoms with Gasteiger partial charge in [-0.2, -0.15) is 8.78 Å². The van der Waals surface area contributed by atoms with E-state index in [0.29, 0.717) is 16.8 Å². The number of ether oxygens (including phenoxy) is 2. The molecule has 2 rings (SSSR count). The predicted octanol–water partition coefficient (Wildman–Crippen LogP) is 4.56. The Kier molecular flexibility index (Phi) is 7.02. The minimum Gasteiger partial charge on any atom is -0.490 e. The van der Waals surface area contributed by atoms with Crippen molar-refractivity contribution in [2.24, 2.45) is 0 Å². The van der Waals surface area contributed by atoms with Crippen molar-refractivity contribution in [3.8, 4) is 11.5 Å². The smallest absolute Gasteiger partial charge is 0.387 e. The number of nitrogens with one attached hydrogen (secondary N) is 1. The largest absolute Gasteiger partial charge is 0.490 e. The summed E-state index contributed by atoms with van der Waals surface area (Å²) in [5.74, 6) is -0.486. The van der Waals surface area contributed by atoms with Crippen LogP contribution in [0.5, 0.6) is 11.5 Å². The van der Waals surface area contributed by atoms with Crippen LogP contribution < -0.4 is 14.8 Å². The van der Waals surface area contributed by atoms with Crippen molar-refractivity contribution >= 4 is 23.4 Å². The monoisotopic (exact) mass is 392 g/mol. The number of halogens is 2. The van der Waals surface area contributed by atoms with Gasteiger partial charge in [0, 0.05) is 18.2 Å². The zero-order chi connectivity index (χ0) is 20.7. The van der Waals surface area contributed by atoms with E-state index in [2.05, 4.69) is 10.1 Å². The number of nitro groups is 1. The van der Waals surface area contributed by atoms with E-state index < -0.39 is 17.4 Å². The lowest BCUT2D eigenvalue weighted by molar-refractivity contribution is -0.384. The molecule has 0 saturated carbocycles. The van der Waals surface area contributed by atoms with E-state index in [1.165, 1.54) is 48.6 Å². The number of nitrogens with zero attached hydrogens (tertiary/aromatic N) is 1. The summed E-state index contributed by atoms with van der Waals surface area (Å²) in [4.78, 5) is 22.4. The summed E-state index contributed by atoms with van der Waals surface area (Å²) < 4.78 is 34.5. The fourth-order valence-corrected chi connectivity index (χ4v) is 2.29. The lowest BCUT2D eigenvalue weighted by Gasteiger charge is -2.11. The number of amides is 1. The molecular formula is C19H18F2N2O5. The summed E-state index contributed by atoms with van der Waals surface area (Å²) in [5.41, 5.74) is 1.37. The van der Waals surface area contributed by atoms with Crippen LogP contribution in [0.1, 0.15) is 18.1 Å². The molecule has 7 nitrogen and oxygen atoms in total. The van der Waals surface area contributed by atoms with Crippen LogP contribution in [-0.2, 0) is 4.79 Å². The highest BCUT2D eigenvalue weighted by Gasteiger charge is 2.12. The lowest BCUT2D eigenvalue weighted by Crippen LogP contribution is -2.09. The fourth-order valence-electron chi connectivity index (χ4n) is 2.29. The summed E-state index contributed by atoms with van der Waals surface area (Å²) in [7, 11) is 0. The molecule has 0 saturated heterocycles. The van der Waals surface area contributed by atoms with Gasteiger partial charge in [-0.25, -0.2) is 0 Å². The summed E-state index contributed by atoms with van der Waals surface area (Å²) >= 11 is 0. The second kappa shape index (κ2) is 9.45. The molecule has 2 aromatic carbocycles. The molecule has 0 aromatic heterocycles. The van der Waals surface area contributed by atoms with Crippen LogP contribution >= 0.6 is 0 Å². The van der Waals surface area contributed by atoms with E-state index in [1.54, 1.807) is 13.8 Å². The summed E-state index contributed by atoms with van der Waals surface area (Å²) in [5, 5.41) is 13.4. The first-order valence-electron chi connectivity index (χ1n) is 8.26. The molecule has 1 amide bonds. The topological polar surface area (TPSA) is 90.7 Å². The highest BCUT2D eigenvalue weighted by atomic mass is 19.3. The van der Waals surface area contributed by atoms with Crippen molar-refractivity contribution in [1.82, 2.24) is 0 Å². The first kappa shape index (κ1) is 20.8. The van der Waals surface area contributed by atoms with Crippen LogP contribution in [0, 0.1) is 17.0 Å². The molecule has 0 radical (unpaired) electrons. The molecule has 0 aliphatic heterocycles. The Labute approximate surface area is 159 Å². The number of alkyl halides is 2. The molecule has 0 bridgehead atoms. The predicted molar refractivity (Wildman–Crippen MR) is 99.7 cm³/mol. The van der Waals surface area contributed by atoms with Crippen LogP contribution in [0.3, 0.4) is 0 Å². The average molecular weight is 392 g/mol. The number of carbonyl (C=O) groups excluding carboxylic acids is 1. The number of hydrogen-bond acceptors (Lipinski definition) is 5. The molecule has 9 heteroatoms. The summed E-state index contributed by atoms with van der Waals surface area (Å²) in [6.07, 6.45) is 2.67. The molecule has 0 unspecified atom stereocenters. The number of benzene rings is 2. The van der Waals surface area contributed by atoms with Crippen LogP contribution in [-0.4, -0.2) is 24.0 Å². The van der Waals surface area contributed by atoms with Gasteiger partial charge in [0.2, 0.25) is 5.91 Å². The van der Waals surface area contributed by atoms with Gasteiger partial charge in [-0.3, -0.25) is 14.9 Å². The van der Waals surface area contributed by atoms with Gasteiger partial charge in [0.15, 0.2) is 11.5 Å². The number of anilines is 1. The Morgan fingerprint density at radius 3 is 2.64 bits per heavy atom. The molecule has 0 spiro atoms. The van der Waals surface area contributed by atoms with Gasteiger partial charge in [-0.15, -0.1) is 0 Å². The molecule has 148 valence electrons. The van der Waals surface area contributed by atoms with Crippen molar-refractivity contribution in [2.75, 3.05) is 11.9 Å². The fraction of sp³-hybridized carbons (Fsp3) is 0.211. The quantitative estimate of drug-likeness (QED) is 0.404. The number of nitro benzene ring substituents is 1. The van der Waals surface area contributed by atoms with Gasteiger partial charge in [-0.05, 0) is 43.2 Å². The maximum atomic E-state index is 12.4. The van der Waals surface area contributed by atoms with Crippen LogP contribution in [0.15, 0.2) is 42.5 Å². The van der Waals surface area contributed by atoms with E-state index in [9.17, 15) is 23.7 Å². The van der Waals surface area contributed by atoms with Gasteiger partial charge in [0.1, 0.15) is 0 Å². The minimum atomic E-state index is -2.98. The normalized spacial score (nSPS) is 10.9. The molecule has 0 aliphatic carbocycles. The van der Waals surface area contributed by atoms with Crippen molar-refractivity contribution in [1.29, 1.82) is 0 Å². The first-order chi connectivity index (χ1) is 13.3. The third-order valence-electron chi connectivity index (χ3n) is 3.60. The van der Waals surface area contributed by atoms with Gasteiger partial charge >= 0.3 is 6.61 Å². The third kappa shape index (κ3) is 5.76. The summed E-state index contributed by atoms with van der Waals surface area (Å²) in [6, 6.07) is 8.42. The number of hydrogen-bond donors (Lipinski definition) is 1. The van der Waals surface area contributed by atoms with Crippen molar-refractivity contribution in [2.45, 2.75) is 20.5 Å². The first-order valence-corrected chi connectivity index (χ1v) is 8.26. The Morgan fingerprint density at radius 1 is 1.25 bits per heavy atom. The molecule has 0 heterocycles. The van der Waals surface area contributed by atoms with Gasteiger partial charge in [-0.1, -0.05) is 12.1 Å². The van der Waals surface area contributed by atoms with Crippen molar-refractivity contribution < 1.29 is 28.0 Å². The van der Waals surface area contributed by atoms with Gasteiger partial charge in [0.25, 0.3) is 5.69 Å². The second-order valence-corrected chi connectivity index (χ2v) is 5.60. The number of non-ortho nitro benzene ring substituents is 1. The van der Waals surface area contributed by atoms with E-state index in [0.717, 1.165) is 0 Å². The number of rotatable bonds is 8. The van der Waals surface area contributed by atoms with Crippen molar-refractivity contribution in [3.63, 3.8) is 0 Å². The highest BCUT2D eigenvalue weighted by molar-refractivity contribution is 6.02. The molecule has 0 atom stereocenters. The zero-order valence-electron chi connectivity index (χ0n) is 15.1. The lowest BCUT2D eigenvalue weighted by atomic mass is 10.1. The molecule has 2 aromatic rings. The van der Waals surface area contributed by atoms with Gasteiger partial charge < -0.3 is 14.8 Å². The minimum absolute atomic E-state index is 0.106. The Balaban J connectivity index is 2.14. The Bertz CT molecular complexity index is 900. The SMILES string of the molecule is CCOc1cc(/C=C/C(=O)Nc2cc([N+](=O)[O-])ccc2C)ccc1OC(F)F. The van der Waals surface area contributed by atoms with Crippen LogP contribution in [0.25, 0.3) is 6.08 Å². The van der Waals surface area contributed by atoms with Crippen LogP contribution in [0.2, 0.25) is 0 Å². The average Bonchev–Trinajstić information content (AvgIpc) is 2.63. The maximum absolute atomic E-state index is 12.4. The van der Waals surface area contributed by atoms with E-state index >= 15 is 0 Å². The number of carbonyl (C=O) groups is 1. The Morgan fingerprint density at radius 2 is 2.00 bits per heavy atom. The molecule has 1 N–H and O–H groups in total. The van der Waals surface area contributed by atoms with E-state index in [4.69, 9.17) is 4.74 Å². The number of aryl methyl sites for hydroxylation is 1. The van der Waals surface area contributed by atoms with Crippen molar-refractivity contribution in [3.05, 3.63) is 63.7 Å². The molecular weight excluding hydrogens is 374 g/mol. The molecule has 0 aliphatic rings. The van der Waals surface area contributed by atoms with E-state index in [1.807, 2.05) is 0 Å². The van der Waals surface area contributed by atoms with E-state index in [-0.39, 0.29) is 23.8 Å². The Hall–Kier alpha value is -3.49. The molecule has 0 fully saturated rings.